The first-order valence-corrected chi connectivity index (χ1v) is 11.0. The van der Waals surface area contributed by atoms with E-state index in [9.17, 15) is 14.4 Å². The van der Waals surface area contributed by atoms with E-state index in [1.54, 1.807) is 6.92 Å². The van der Waals surface area contributed by atoms with Crippen LogP contribution in [0.15, 0.2) is 0 Å². The first-order chi connectivity index (χ1) is 13.3. The molecule has 2 fully saturated rings. The molecule has 2 aliphatic carbocycles. The topological polar surface area (TPSA) is 84.5 Å². The van der Waals surface area contributed by atoms with Gasteiger partial charge in [0.25, 0.3) is 5.91 Å². The molecule has 0 radical (unpaired) electrons. The number of carbonyl (C=O) groups excluding carboxylic acids is 3. The molecule has 0 unspecified atom stereocenters. The molecule has 0 aromatic carbocycles. The lowest BCUT2D eigenvalue weighted by Gasteiger charge is -2.30. The highest BCUT2D eigenvalue weighted by Crippen LogP contribution is 2.36. The molecule has 154 valence electrons. The van der Waals surface area contributed by atoms with Crippen LogP contribution in [0.1, 0.15) is 73.2 Å². The molecule has 1 heterocycles. The van der Waals surface area contributed by atoms with Crippen molar-refractivity contribution in [2.45, 2.75) is 78.4 Å². The molecule has 3 atom stereocenters. The summed E-state index contributed by atoms with van der Waals surface area (Å²) in [4.78, 5) is 38.4. The lowest BCUT2D eigenvalue weighted by atomic mass is 9.86. The Morgan fingerprint density at radius 2 is 1.79 bits per heavy atom. The smallest absolute Gasteiger partial charge is 0.342 e. The minimum atomic E-state index is -0.881. The van der Waals surface area contributed by atoms with Crippen LogP contribution < -0.4 is 10.6 Å². The van der Waals surface area contributed by atoms with Gasteiger partial charge >= 0.3 is 5.97 Å². The fourth-order valence-electron chi connectivity index (χ4n) is 3.62. The number of nitrogens with one attached hydrogen (secondary N) is 2. The maximum Gasteiger partial charge on any atom is 0.342 e. The van der Waals surface area contributed by atoms with Crippen LogP contribution in [0.5, 0.6) is 0 Å². The number of ether oxygens (including phenoxy) is 1. The van der Waals surface area contributed by atoms with Crippen LogP contribution in [-0.2, 0) is 14.3 Å². The van der Waals surface area contributed by atoms with Gasteiger partial charge in [-0.05, 0) is 57.9 Å². The van der Waals surface area contributed by atoms with Gasteiger partial charge in [0.05, 0.1) is 5.56 Å². The van der Waals surface area contributed by atoms with Gasteiger partial charge in [0.2, 0.25) is 5.91 Å². The lowest BCUT2D eigenvalue weighted by molar-refractivity contribution is -0.130. The van der Waals surface area contributed by atoms with E-state index in [0.29, 0.717) is 16.5 Å². The summed E-state index contributed by atoms with van der Waals surface area (Å²) in [5.74, 6) is -0.389. The van der Waals surface area contributed by atoms with Gasteiger partial charge in [0, 0.05) is 16.8 Å². The highest BCUT2D eigenvalue weighted by Gasteiger charge is 2.33. The van der Waals surface area contributed by atoms with Crippen molar-refractivity contribution in [3.63, 3.8) is 0 Å². The van der Waals surface area contributed by atoms with Crippen molar-refractivity contribution in [1.82, 2.24) is 5.32 Å². The normalized spacial score (nSPS) is 23.0. The molecular formula is C21H30N2O4S. The standard InChI is InChI=1S/C21H30N2O4S/c1-11-7-5-6-8-16(11)22-18(24)13(3)27-21(26)17-12(2)14(4)28-20(17)23-19(25)15-9-10-15/h11,13,15-16H,5-10H2,1-4H3,(H,22,24)(H,23,25)/t11-,13+,16+/m0/s1. The van der Waals surface area contributed by atoms with Crippen molar-refractivity contribution < 1.29 is 19.1 Å². The number of hydrogen-bond donors (Lipinski definition) is 2. The van der Waals surface area contributed by atoms with Gasteiger partial charge < -0.3 is 15.4 Å². The number of amides is 2. The summed E-state index contributed by atoms with van der Waals surface area (Å²) in [5.41, 5.74) is 1.15. The van der Waals surface area contributed by atoms with Gasteiger partial charge in [0.1, 0.15) is 5.00 Å². The summed E-state index contributed by atoms with van der Waals surface area (Å²) in [6, 6.07) is 0.140. The van der Waals surface area contributed by atoms with Crippen molar-refractivity contribution in [2.75, 3.05) is 5.32 Å². The maximum absolute atomic E-state index is 12.8. The SMILES string of the molecule is Cc1sc(NC(=O)C2CC2)c(C(=O)O[C@H](C)C(=O)N[C@@H]2CCCC[C@@H]2C)c1C. The fourth-order valence-corrected chi connectivity index (χ4v) is 4.68. The van der Waals surface area contributed by atoms with E-state index >= 15 is 0 Å². The predicted molar refractivity (Wildman–Crippen MR) is 110 cm³/mol. The van der Waals surface area contributed by atoms with Crippen LogP contribution in [0.4, 0.5) is 5.00 Å². The Morgan fingerprint density at radius 1 is 1.11 bits per heavy atom. The zero-order valence-corrected chi connectivity index (χ0v) is 17.9. The highest BCUT2D eigenvalue weighted by molar-refractivity contribution is 7.16. The summed E-state index contributed by atoms with van der Waals surface area (Å²) in [7, 11) is 0. The molecule has 2 amide bonds. The quantitative estimate of drug-likeness (QED) is 0.701. The second-order valence-electron chi connectivity index (χ2n) is 8.18. The van der Waals surface area contributed by atoms with E-state index in [4.69, 9.17) is 4.74 Å². The number of thiophene rings is 1. The van der Waals surface area contributed by atoms with Gasteiger partial charge in [-0.3, -0.25) is 9.59 Å². The van der Waals surface area contributed by atoms with E-state index < -0.39 is 12.1 Å². The van der Waals surface area contributed by atoms with Crippen LogP contribution in [0.2, 0.25) is 0 Å². The van der Waals surface area contributed by atoms with E-state index in [1.165, 1.54) is 17.8 Å². The van der Waals surface area contributed by atoms with Gasteiger partial charge in [0.15, 0.2) is 6.10 Å². The van der Waals surface area contributed by atoms with Gasteiger partial charge in [-0.15, -0.1) is 11.3 Å². The Kier molecular flexibility index (Phi) is 6.43. The van der Waals surface area contributed by atoms with Crippen LogP contribution in [0.3, 0.4) is 0 Å². The largest absolute Gasteiger partial charge is 0.449 e. The molecule has 0 spiro atoms. The minimum absolute atomic E-state index is 0.0487. The summed E-state index contributed by atoms with van der Waals surface area (Å²) in [6.07, 6.45) is 5.29. The second kappa shape index (κ2) is 8.64. The number of anilines is 1. The van der Waals surface area contributed by atoms with E-state index in [0.717, 1.165) is 42.5 Å². The summed E-state index contributed by atoms with van der Waals surface area (Å²) >= 11 is 1.37. The Bertz CT molecular complexity index is 769. The first kappa shape index (κ1) is 20.8. The molecule has 0 saturated heterocycles. The third-order valence-corrected chi connectivity index (χ3v) is 6.99. The zero-order chi connectivity index (χ0) is 20.4. The fraction of sp³-hybridized carbons (Fsp3) is 0.667. The average Bonchev–Trinajstić information content (AvgIpc) is 3.44. The number of esters is 1. The molecule has 2 saturated carbocycles. The molecule has 0 aliphatic heterocycles. The molecule has 0 bridgehead atoms. The lowest BCUT2D eigenvalue weighted by Crippen LogP contribution is -2.46. The van der Waals surface area contributed by atoms with Crippen molar-refractivity contribution in [3.8, 4) is 0 Å². The van der Waals surface area contributed by atoms with Gasteiger partial charge in [-0.2, -0.15) is 0 Å². The zero-order valence-electron chi connectivity index (χ0n) is 17.1. The minimum Gasteiger partial charge on any atom is -0.449 e. The molecule has 6 nitrogen and oxygen atoms in total. The summed E-state index contributed by atoms with van der Waals surface area (Å²) < 4.78 is 5.47. The molecule has 3 rings (SSSR count). The summed E-state index contributed by atoms with van der Waals surface area (Å²) in [5, 5.41) is 6.42. The predicted octanol–water partition coefficient (Wildman–Crippen LogP) is 3.95. The van der Waals surface area contributed by atoms with Gasteiger partial charge in [-0.1, -0.05) is 19.8 Å². The molecule has 1 aromatic heterocycles. The molecule has 2 aliphatic rings. The highest BCUT2D eigenvalue weighted by atomic mass is 32.1. The van der Waals surface area contributed by atoms with Crippen LogP contribution in [-0.4, -0.2) is 29.9 Å². The second-order valence-corrected chi connectivity index (χ2v) is 9.40. The maximum atomic E-state index is 12.8. The Morgan fingerprint density at radius 3 is 2.43 bits per heavy atom. The number of hydrogen-bond acceptors (Lipinski definition) is 5. The van der Waals surface area contributed by atoms with Crippen molar-refractivity contribution in [2.24, 2.45) is 11.8 Å². The van der Waals surface area contributed by atoms with Crippen molar-refractivity contribution in [3.05, 3.63) is 16.0 Å². The average molecular weight is 407 g/mol. The van der Waals surface area contributed by atoms with E-state index in [-0.39, 0.29) is 23.8 Å². The molecule has 7 heteroatoms. The Balaban J connectivity index is 1.64. The Labute approximate surface area is 170 Å². The molecule has 28 heavy (non-hydrogen) atoms. The third kappa shape index (κ3) is 4.74. The van der Waals surface area contributed by atoms with E-state index in [2.05, 4.69) is 17.6 Å². The number of carbonyl (C=O) groups is 3. The van der Waals surface area contributed by atoms with E-state index in [1.807, 2.05) is 13.8 Å². The third-order valence-electron chi connectivity index (χ3n) is 5.87. The first-order valence-electron chi connectivity index (χ1n) is 10.2. The number of aryl methyl sites for hydroxylation is 1. The van der Waals surface area contributed by atoms with Gasteiger partial charge in [-0.25, -0.2) is 4.79 Å². The van der Waals surface area contributed by atoms with Crippen molar-refractivity contribution >= 4 is 34.1 Å². The van der Waals surface area contributed by atoms with Crippen molar-refractivity contribution in [1.29, 1.82) is 0 Å². The Hall–Kier alpha value is -1.89. The monoisotopic (exact) mass is 406 g/mol. The van der Waals surface area contributed by atoms with Crippen LogP contribution in [0, 0.1) is 25.7 Å². The van der Waals surface area contributed by atoms with Crippen LogP contribution in [0.25, 0.3) is 0 Å². The van der Waals surface area contributed by atoms with Crippen LogP contribution >= 0.6 is 11.3 Å². The molecule has 2 N–H and O–H groups in total. The number of rotatable bonds is 6. The molecular weight excluding hydrogens is 376 g/mol. The summed E-state index contributed by atoms with van der Waals surface area (Å²) in [6.45, 7) is 7.48. The molecule has 1 aromatic rings.